The summed E-state index contributed by atoms with van der Waals surface area (Å²) in [4.78, 5) is 3.20. The van der Waals surface area contributed by atoms with Crippen LogP contribution < -0.4 is 5.73 Å². The molecule has 0 amide bonds. The van der Waals surface area contributed by atoms with Crippen LogP contribution in [0.2, 0.25) is 0 Å². The third-order valence-electron chi connectivity index (χ3n) is 2.69. The van der Waals surface area contributed by atoms with Crippen molar-refractivity contribution in [2.24, 2.45) is 5.73 Å². The van der Waals surface area contributed by atoms with Gasteiger partial charge in [0.1, 0.15) is 0 Å². The van der Waals surface area contributed by atoms with Crippen molar-refractivity contribution in [3.63, 3.8) is 0 Å². The largest absolute Gasteiger partial charge is 0.396 e. The summed E-state index contributed by atoms with van der Waals surface area (Å²) >= 11 is 0. The van der Waals surface area contributed by atoms with E-state index in [1.165, 1.54) is 5.39 Å². The summed E-state index contributed by atoms with van der Waals surface area (Å²) in [5.41, 5.74) is 8.32. The number of aromatic amines is 1. The predicted molar refractivity (Wildman–Crippen MR) is 68.8 cm³/mol. The molecule has 4 heteroatoms. The summed E-state index contributed by atoms with van der Waals surface area (Å²) in [6.45, 7) is 0.204. The lowest BCUT2D eigenvalue weighted by Crippen LogP contribution is -2.10. The first-order valence-electron chi connectivity index (χ1n) is 5.25. The first-order valence-corrected chi connectivity index (χ1v) is 5.25. The number of nitrogens with one attached hydrogen (secondary N) is 1. The monoisotopic (exact) mass is 240 g/mol. The molecule has 0 aliphatic heterocycles. The first-order chi connectivity index (χ1) is 7.33. The summed E-state index contributed by atoms with van der Waals surface area (Å²) < 4.78 is 0. The van der Waals surface area contributed by atoms with Crippen LogP contribution in [0.5, 0.6) is 0 Å². The van der Waals surface area contributed by atoms with E-state index in [1.54, 1.807) is 0 Å². The van der Waals surface area contributed by atoms with Crippen molar-refractivity contribution in [3.8, 4) is 0 Å². The van der Waals surface area contributed by atoms with Gasteiger partial charge in [0.15, 0.2) is 0 Å². The molecule has 1 aromatic carbocycles. The highest BCUT2D eigenvalue weighted by Gasteiger charge is 2.10. The van der Waals surface area contributed by atoms with E-state index in [1.807, 2.05) is 24.4 Å². The SMILES string of the molecule is Cl.N[C@H](CCCO)c1c[nH]c2ccccc12. The average Bonchev–Trinajstić information content (AvgIpc) is 2.69. The Hall–Kier alpha value is -1.03. The number of rotatable bonds is 4. The first kappa shape index (κ1) is 13.0. The van der Waals surface area contributed by atoms with Gasteiger partial charge in [-0.1, -0.05) is 18.2 Å². The van der Waals surface area contributed by atoms with E-state index in [-0.39, 0.29) is 25.1 Å². The second-order valence-corrected chi connectivity index (χ2v) is 3.76. The minimum absolute atomic E-state index is 0. The van der Waals surface area contributed by atoms with Crippen molar-refractivity contribution in [1.29, 1.82) is 0 Å². The highest BCUT2D eigenvalue weighted by molar-refractivity contribution is 5.85. The van der Waals surface area contributed by atoms with E-state index in [9.17, 15) is 0 Å². The molecular weight excluding hydrogens is 224 g/mol. The number of nitrogens with two attached hydrogens (primary N) is 1. The molecule has 1 heterocycles. The number of aliphatic hydroxyl groups excluding tert-OH is 1. The molecule has 0 aliphatic carbocycles. The second kappa shape index (κ2) is 5.89. The van der Waals surface area contributed by atoms with Gasteiger partial charge in [0.25, 0.3) is 0 Å². The zero-order valence-corrected chi connectivity index (χ0v) is 9.83. The van der Waals surface area contributed by atoms with Gasteiger partial charge >= 0.3 is 0 Å². The molecule has 0 saturated heterocycles. The number of H-pyrrole nitrogens is 1. The molecule has 0 radical (unpaired) electrons. The zero-order valence-electron chi connectivity index (χ0n) is 9.02. The van der Waals surface area contributed by atoms with E-state index >= 15 is 0 Å². The van der Waals surface area contributed by atoms with Crippen LogP contribution in [-0.2, 0) is 0 Å². The van der Waals surface area contributed by atoms with Crippen LogP contribution in [0, 0.1) is 0 Å². The van der Waals surface area contributed by atoms with E-state index in [0.29, 0.717) is 0 Å². The maximum absolute atomic E-state index is 8.76. The number of fused-ring (bicyclic) bond motifs is 1. The van der Waals surface area contributed by atoms with E-state index < -0.39 is 0 Å². The molecule has 3 nitrogen and oxygen atoms in total. The van der Waals surface area contributed by atoms with Gasteiger partial charge in [-0.05, 0) is 24.5 Å². The Morgan fingerprint density at radius 2 is 2.06 bits per heavy atom. The van der Waals surface area contributed by atoms with Gasteiger partial charge in [-0.3, -0.25) is 0 Å². The number of halogens is 1. The predicted octanol–water partition coefficient (Wildman–Crippen LogP) is 2.36. The van der Waals surface area contributed by atoms with Crippen LogP contribution in [0.1, 0.15) is 24.4 Å². The molecular formula is C12H17ClN2O. The Kier molecular flexibility index (Phi) is 4.80. The van der Waals surface area contributed by atoms with Crippen LogP contribution in [0.25, 0.3) is 10.9 Å². The lowest BCUT2D eigenvalue weighted by molar-refractivity contribution is 0.280. The Bertz CT molecular complexity index is 441. The number of hydrogen-bond donors (Lipinski definition) is 3. The summed E-state index contributed by atoms with van der Waals surface area (Å²) in [6.07, 6.45) is 3.53. The van der Waals surface area contributed by atoms with E-state index in [2.05, 4.69) is 11.1 Å². The lowest BCUT2D eigenvalue weighted by Gasteiger charge is -2.09. The third-order valence-corrected chi connectivity index (χ3v) is 2.69. The number of benzene rings is 1. The Morgan fingerprint density at radius 1 is 1.31 bits per heavy atom. The second-order valence-electron chi connectivity index (χ2n) is 3.76. The summed E-state index contributed by atoms with van der Waals surface area (Å²) in [6, 6.07) is 8.13. The molecule has 0 aliphatic rings. The normalized spacial score (nSPS) is 12.4. The number of aromatic nitrogens is 1. The molecule has 16 heavy (non-hydrogen) atoms. The van der Waals surface area contributed by atoms with Gasteiger partial charge in [-0.2, -0.15) is 0 Å². The fourth-order valence-electron chi connectivity index (χ4n) is 1.87. The fraction of sp³-hybridized carbons (Fsp3) is 0.333. The molecule has 4 N–H and O–H groups in total. The number of aliphatic hydroxyl groups is 1. The van der Waals surface area contributed by atoms with Gasteiger partial charge in [-0.15, -0.1) is 12.4 Å². The minimum atomic E-state index is 0. The van der Waals surface area contributed by atoms with E-state index in [4.69, 9.17) is 10.8 Å². The summed E-state index contributed by atoms with van der Waals surface area (Å²) in [5, 5.41) is 9.95. The molecule has 1 atom stereocenters. The number of hydrogen-bond acceptors (Lipinski definition) is 2. The van der Waals surface area contributed by atoms with Gasteiger partial charge in [0, 0.05) is 29.7 Å². The van der Waals surface area contributed by atoms with Crippen molar-refractivity contribution in [2.75, 3.05) is 6.61 Å². The van der Waals surface area contributed by atoms with Crippen LogP contribution in [-0.4, -0.2) is 16.7 Å². The van der Waals surface area contributed by atoms with Crippen molar-refractivity contribution in [2.45, 2.75) is 18.9 Å². The zero-order chi connectivity index (χ0) is 10.7. The molecule has 0 bridgehead atoms. The molecule has 1 aromatic heterocycles. The smallest absolute Gasteiger partial charge is 0.0457 e. The van der Waals surface area contributed by atoms with Crippen molar-refractivity contribution < 1.29 is 5.11 Å². The Labute approximate surface area is 101 Å². The molecule has 0 spiro atoms. The van der Waals surface area contributed by atoms with Gasteiger partial charge in [0.2, 0.25) is 0 Å². The van der Waals surface area contributed by atoms with Gasteiger partial charge in [-0.25, -0.2) is 0 Å². The Morgan fingerprint density at radius 3 is 2.81 bits per heavy atom. The maximum Gasteiger partial charge on any atom is 0.0457 e. The highest BCUT2D eigenvalue weighted by Crippen LogP contribution is 2.24. The lowest BCUT2D eigenvalue weighted by atomic mass is 10.0. The Balaban J connectivity index is 0.00000128. The van der Waals surface area contributed by atoms with Crippen LogP contribution in [0.4, 0.5) is 0 Å². The molecule has 0 unspecified atom stereocenters. The third kappa shape index (κ3) is 2.55. The van der Waals surface area contributed by atoms with Crippen LogP contribution in [0.3, 0.4) is 0 Å². The van der Waals surface area contributed by atoms with Crippen LogP contribution in [0.15, 0.2) is 30.5 Å². The minimum Gasteiger partial charge on any atom is -0.396 e. The highest BCUT2D eigenvalue weighted by atomic mass is 35.5. The summed E-state index contributed by atoms with van der Waals surface area (Å²) in [5.74, 6) is 0. The molecule has 88 valence electrons. The quantitative estimate of drug-likeness (QED) is 0.768. The number of para-hydroxylation sites is 1. The fourth-order valence-corrected chi connectivity index (χ4v) is 1.87. The molecule has 2 aromatic rings. The molecule has 0 fully saturated rings. The van der Waals surface area contributed by atoms with Gasteiger partial charge < -0.3 is 15.8 Å². The maximum atomic E-state index is 8.76. The van der Waals surface area contributed by atoms with E-state index in [0.717, 1.165) is 23.9 Å². The van der Waals surface area contributed by atoms with Crippen molar-refractivity contribution in [1.82, 2.24) is 4.98 Å². The average molecular weight is 241 g/mol. The summed E-state index contributed by atoms with van der Waals surface area (Å²) in [7, 11) is 0. The van der Waals surface area contributed by atoms with Crippen molar-refractivity contribution >= 4 is 23.3 Å². The van der Waals surface area contributed by atoms with Crippen LogP contribution >= 0.6 is 12.4 Å². The topological polar surface area (TPSA) is 62.0 Å². The molecule has 0 saturated carbocycles. The van der Waals surface area contributed by atoms with Crippen molar-refractivity contribution in [3.05, 3.63) is 36.0 Å². The molecule has 2 rings (SSSR count). The standard InChI is InChI=1S/C12H16N2O.ClH/c13-11(5-3-7-15)10-8-14-12-6-2-1-4-9(10)12;/h1-2,4,6,8,11,14-15H,3,5,7,13H2;1H/t11-;/m1./s1. The van der Waals surface area contributed by atoms with Gasteiger partial charge in [0.05, 0.1) is 0 Å².